The fourth-order valence-corrected chi connectivity index (χ4v) is 2.95. The molecule has 0 N–H and O–H groups in total. The van der Waals surface area contributed by atoms with E-state index in [-0.39, 0.29) is 28.6 Å². The Bertz CT molecular complexity index is 633. The van der Waals surface area contributed by atoms with Gasteiger partial charge in [0.25, 0.3) is 10.1 Å². The summed E-state index contributed by atoms with van der Waals surface area (Å²) in [6.07, 6.45) is 1.65. The molecular weight excluding hydrogens is 304 g/mol. The van der Waals surface area contributed by atoms with Crippen LogP contribution in [0.1, 0.15) is 19.8 Å². The van der Waals surface area contributed by atoms with Gasteiger partial charge in [-0.15, -0.1) is 0 Å². The molecule has 0 aliphatic heterocycles. The van der Waals surface area contributed by atoms with E-state index in [0.717, 1.165) is 18.2 Å². The van der Waals surface area contributed by atoms with Gasteiger partial charge in [0, 0.05) is 5.39 Å². The molecule has 0 aliphatic carbocycles. The van der Waals surface area contributed by atoms with Gasteiger partial charge in [-0.3, -0.25) is 4.18 Å². The van der Waals surface area contributed by atoms with Gasteiger partial charge in [0.05, 0.1) is 6.61 Å². The Labute approximate surface area is 124 Å². The number of rotatable bonds is 5. The fourth-order valence-electron chi connectivity index (χ4n) is 1.79. The Morgan fingerprint density at radius 2 is 1.74 bits per heavy atom. The van der Waals surface area contributed by atoms with Crippen LogP contribution in [0.15, 0.2) is 47.4 Å². The Morgan fingerprint density at radius 3 is 2.47 bits per heavy atom. The minimum absolute atomic E-state index is 0. The largest absolute Gasteiger partial charge is 2.00 e. The van der Waals surface area contributed by atoms with Crippen LogP contribution in [-0.4, -0.2) is 15.0 Å². The van der Waals surface area contributed by atoms with Crippen molar-refractivity contribution in [2.75, 3.05) is 6.61 Å². The summed E-state index contributed by atoms with van der Waals surface area (Å²) < 4.78 is 29.2. The zero-order valence-electron chi connectivity index (χ0n) is 10.6. The molecule has 2 aromatic rings. The first-order valence-electron chi connectivity index (χ1n) is 6.02. The van der Waals surface area contributed by atoms with Crippen LogP contribution >= 0.6 is 0 Å². The van der Waals surface area contributed by atoms with Crippen molar-refractivity contribution >= 4 is 20.9 Å². The van der Waals surface area contributed by atoms with E-state index in [4.69, 9.17) is 4.18 Å². The van der Waals surface area contributed by atoms with Gasteiger partial charge in [0.2, 0.25) is 0 Å². The van der Waals surface area contributed by atoms with Crippen molar-refractivity contribution in [3.63, 3.8) is 0 Å². The Kier molecular flexibility index (Phi) is 6.01. The third kappa shape index (κ3) is 3.80. The molecule has 0 radical (unpaired) electrons. The summed E-state index contributed by atoms with van der Waals surface area (Å²) in [6.45, 7) is 2.23. The molecule has 0 fully saturated rings. The molecule has 2 rings (SSSR count). The molecule has 3 nitrogen and oxygen atoms in total. The van der Waals surface area contributed by atoms with Crippen molar-refractivity contribution in [2.24, 2.45) is 0 Å². The quantitative estimate of drug-likeness (QED) is 0.482. The minimum Gasteiger partial charge on any atom is -0.266 e. The molecule has 19 heavy (non-hydrogen) atoms. The zero-order valence-corrected chi connectivity index (χ0v) is 12.6. The predicted octanol–water partition coefficient (Wildman–Crippen LogP) is 3.34. The smallest absolute Gasteiger partial charge is 0.266 e. The van der Waals surface area contributed by atoms with Crippen molar-refractivity contribution in [3.05, 3.63) is 42.5 Å². The summed E-state index contributed by atoms with van der Waals surface area (Å²) >= 11 is 0. The van der Waals surface area contributed by atoms with Crippen molar-refractivity contribution in [1.82, 2.24) is 0 Å². The minimum atomic E-state index is -3.66. The molecule has 0 saturated carbocycles. The van der Waals surface area contributed by atoms with Gasteiger partial charge in [-0.25, -0.2) is 0 Å². The van der Waals surface area contributed by atoms with E-state index in [9.17, 15) is 8.42 Å². The second-order valence-electron chi connectivity index (χ2n) is 4.11. The summed E-state index contributed by atoms with van der Waals surface area (Å²) in [5, 5.41) is 1.61. The standard InChI is InChI=1S/C14H16O3S.Fe/c1-2-3-11-17-18(15,16)14-10-6-8-12-7-4-5-9-13(12)14;/h4-10H,2-3,11H2,1H3;/q;+2. The summed E-state index contributed by atoms with van der Waals surface area (Å²) in [7, 11) is -3.66. The van der Waals surface area contributed by atoms with Crippen LogP contribution in [0.25, 0.3) is 10.8 Å². The van der Waals surface area contributed by atoms with E-state index in [1.165, 1.54) is 0 Å². The first-order valence-corrected chi connectivity index (χ1v) is 7.43. The van der Waals surface area contributed by atoms with Crippen molar-refractivity contribution < 1.29 is 29.7 Å². The molecule has 0 spiro atoms. The maximum atomic E-state index is 12.1. The van der Waals surface area contributed by atoms with Gasteiger partial charge in [-0.05, 0) is 17.9 Å². The molecule has 0 unspecified atom stereocenters. The Morgan fingerprint density at radius 1 is 1.05 bits per heavy atom. The van der Waals surface area contributed by atoms with Crippen LogP contribution in [-0.2, 0) is 31.4 Å². The van der Waals surface area contributed by atoms with E-state index >= 15 is 0 Å². The zero-order chi connectivity index (χ0) is 13.0. The monoisotopic (exact) mass is 320 g/mol. The second kappa shape index (κ2) is 7.06. The summed E-state index contributed by atoms with van der Waals surface area (Å²) in [5.41, 5.74) is 0. The van der Waals surface area contributed by atoms with Gasteiger partial charge >= 0.3 is 17.1 Å². The van der Waals surface area contributed by atoms with E-state index in [1.807, 2.05) is 31.2 Å². The van der Waals surface area contributed by atoms with Crippen molar-refractivity contribution in [1.29, 1.82) is 0 Å². The second-order valence-corrected chi connectivity index (χ2v) is 5.69. The third-order valence-corrected chi connectivity index (χ3v) is 4.13. The van der Waals surface area contributed by atoms with Crippen LogP contribution in [0.5, 0.6) is 0 Å². The van der Waals surface area contributed by atoms with E-state index in [1.54, 1.807) is 18.2 Å². The van der Waals surface area contributed by atoms with Gasteiger partial charge in [0.15, 0.2) is 0 Å². The van der Waals surface area contributed by atoms with Gasteiger partial charge in [-0.2, -0.15) is 8.42 Å². The predicted molar refractivity (Wildman–Crippen MR) is 72.0 cm³/mol. The number of fused-ring (bicyclic) bond motifs is 1. The van der Waals surface area contributed by atoms with Crippen LogP contribution in [0.4, 0.5) is 0 Å². The summed E-state index contributed by atoms with van der Waals surface area (Å²) in [5.74, 6) is 0. The molecule has 0 heterocycles. The summed E-state index contributed by atoms with van der Waals surface area (Å²) in [6, 6.07) is 12.6. The van der Waals surface area contributed by atoms with Gasteiger partial charge in [-0.1, -0.05) is 49.7 Å². The SMILES string of the molecule is CCCCOS(=O)(=O)c1cccc2ccccc12.[Fe+2]. The molecule has 0 saturated heterocycles. The van der Waals surface area contributed by atoms with E-state index in [0.29, 0.717) is 5.39 Å². The molecule has 0 aliphatic rings. The fraction of sp³-hybridized carbons (Fsp3) is 0.286. The topological polar surface area (TPSA) is 43.4 Å². The van der Waals surface area contributed by atoms with Crippen LogP contribution < -0.4 is 0 Å². The third-order valence-electron chi connectivity index (χ3n) is 2.76. The van der Waals surface area contributed by atoms with E-state index < -0.39 is 10.1 Å². The number of hydrogen-bond donors (Lipinski definition) is 0. The molecular formula is C14H16FeO3S+2. The van der Waals surface area contributed by atoms with E-state index in [2.05, 4.69) is 0 Å². The number of unbranched alkanes of at least 4 members (excludes halogenated alkanes) is 1. The molecule has 2 aromatic carbocycles. The first kappa shape index (κ1) is 16.2. The molecule has 5 heteroatoms. The number of hydrogen-bond acceptors (Lipinski definition) is 3. The average Bonchev–Trinajstić information content (AvgIpc) is 2.38. The van der Waals surface area contributed by atoms with Crippen LogP contribution in [0.2, 0.25) is 0 Å². The van der Waals surface area contributed by atoms with Gasteiger partial charge in [0.1, 0.15) is 4.90 Å². The van der Waals surface area contributed by atoms with Crippen LogP contribution in [0, 0.1) is 0 Å². The Hall–Kier alpha value is -0.871. The molecule has 102 valence electrons. The van der Waals surface area contributed by atoms with Crippen molar-refractivity contribution in [3.8, 4) is 0 Å². The molecule has 0 amide bonds. The maximum absolute atomic E-state index is 12.1. The summed E-state index contributed by atoms with van der Waals surface area (Å²) in [4.78, 5) is 0.247. The van der Waals surface area contributed by atoms with Crippen LogP contribution in [0.3, 0.4) is 0 Å². The van der Waals surface area contributed by atoms with Crippen molar-refractivity contribution in [2.45, 2.75) is 24.7 Å². The average molecular weight is 320 g/mol. The maximum Gasteiger partial charge on any atom is 2.00 e. The van der Waals surface area contributed by atoms with Gasteiger partial charge < -0.3 is 0 Å². The molecule has 0 aromatic heterocycles. The molecule has 0 atom stereocenters. The Balaban J connectivity index is 0.00000180. The molecule has 0 bridgehead atoms. The first-order chi connectivity index (χ1) is 8.65. The normalized spacial score (nSPS) is 11.2. The number of benzene rings is 2.